The first-order chi connectivity index (χ1) is 9.86. The largest absolute Gasteiger partial charge is 0.417 e. The van der Waals surface area contributed by atoms with E-state index in [-0.39, 0.29) is 5.56 Å². The molecule has 110 valence electrons. The van der Waals surface area contributed by atoms with Crippen molar-refractivity contribution < 1.29 is 13.2 Å². The topological polar surface area (TPSA) is 0 Å². The number of allylic oxidation sites excluding steroid dienone is 1. The molecule has 2 aromatic rings. The minimum absolute atomic E-state index is 0.162. The predicted octanol–water partition coefficient (Wildman–Crippen LogP) is 6.34. The summed E-state index contributed by atoms with van der Waals surface area (Å²) < 4.78 is 39.5. The lowest BCUT2D eigenvalue weighted by Crippen LogP contribution is -2.10. The van der Waals surface area contributed by atoms with Crippen LogP contribution in [-0.2, 0) is 0 Å². The molecule has 0 unspecified atom stereocenters. The van der Waals surface area contributed by atoms with Crippen molar-refractivity contribution in [2.75, 3.05) is 0 Å². The molecule has 0 aliphatic rings. The van der Waals surface area contributed by atoms with Gasteiger partial charge < -0.3 is 0 Å². The molecule has 0 spiro atoms. The molecule has 0 radical (unpaired) electrons. The molecule has 0 heterocycles. The molecule has 0 amide bonds. The van der Waals surface area contributed by atoms with Crippen molar-refractivity contribution in [2.45, 2.75) is 18.0 Å². The lowest BCUT2D eigenvalue weighted by atomic mass is 10.1. The molecule has 0 aliphatic heterocycles. The Morgan fingerprint density at radius 2 is 1.57 bits per heavy atom. The van der Waals surface area contributed by atoms with Crippen LogP contribution in [0.2, 0.25) is 5.02 Å². The quantitative estimate of drug-likeness (QED) is 0.592. The summed E-state index contributed by atoms with van der Waals surface area (Å²) in [5, 5.41) is 1.69. The zero-order valence-electron chi connectivity index (χ0n) is 11.1. The monoisotopic (exact) mass is 328 g/mol. The number of alkyl halides is 3. The molecule has 0 N–H and O–H groups in total. The van der Waals surface area contributed by atoms with Gasteiger partial charge in [-0.1, -0.05) is 53.2 Å². The summed E-state index contributed by atoms with van der Waals surface area (Å²) in [7, 11) is 0. The summed E-state index contributed by atoms with van der Waals surface area (Å²) in [6.07, 6.45) is -4.39. The smallest absolute Gasteiger partial charge is 0.166 e. The van der Waals surface area contributed by atoms with Gasteiger partial charge in [-0.3, -0.25) is 0 Å². The SMILES string of the molecule is Cc1ccc(/C(=C\Sc2ccc(Cl)cc2)C(F)(F)F)cc1. The highest BCUT2D eigenvalue weighted by Crippen LogP contribution is 2.37. The molecule has 2 rings (SSSR count). The first kappa shape index (κ1) is 16.0. The van der Waals surface area contributed by atoms with Crippen LogP contribution in [0.15, 0.2) is 58.8 Å². The van der Waals surface area contributed by atoms with E-state index < -0.39 is 11.7 Å². The number of benzene rings is 2. The van der Waals surface area contributed by atoms with Crippen molar-refractivity contribution >= 4 is 28.9 Å². The number of hydrogen-bond acceptors (Lipinski definition) is 1. The van der Waals surface area contributed by atoms with Gasteiger partial charge in [-0.25, -0.2) is 0 Å². The Kier molecular flexibility index (Phi) is 5.01. The number of rotatable bonds is 3. The van der Waals surface area contributed by atoms with E-state index >= 15 is 0 Å². The molecule has 0 fully saturated rings. The highest BCUT2D eigenvalue weighted by molar-refractivity contribution is 8.02. The van der Waals surface area contributed by atoms with Crippen LogP contribution in [0.3, 0.4) is 0 Å². The van der Waals surface area contributed by atoms with E-state index in [1.54, 1.807) is 36.4 Å². The maximum atomic E-state index is 13.2. The van der Waals surface area contributed by atoms with Crippen LogP contribution in [0.25, 0.3) is 5.57 Å². The Hall–Kier alpha value is -1.39. The van der Waals surface area contributed by atoms with E-state index in [9.17, 15) is 13.2 Å². The van der Waals surface area contributed by atoms with Crippen LogP contribution in [-0.4, -0.2) is 6.18 Å². The molecule has 0 saturated carbocycles. The van der Waals surface area contributed by atoms with Crippen molar-refractivity contribution in [1.29, 1.82) is 0 Å². The van der Waals surface area contributed by atoms with Gasteiger partial charge in [-0.15, -0.1) is 0 Å². The van der Waals surface area contributed by atoms with Crippen molar-refractivity contribution in [3.8, 4) is 0 Å². The molecule has 2 aromatic carbocycles. The minimum atomic E-state index is -4.39. The van der Waals surface area contributed by atoms with Crippen LogP contribution >= 0.6 is 23.4 Å². The second-order valence-electron chi connectivity index (χ2n) is 4.47. The maximum absolute atomic E-state index is 13.2. The Morgan fingerprint density at radius 1 is 1.00 bits per heavy atom. The third-order valence-electron chi connectivity index (χ3n) is 2.79. The zero-order chi connectivity index (χ0) is 15.5. The van der Waals surface area contributed by atoms with Gasteiger partial charge >= 0.3 is 6.18 Å². The lowest BCUT2D eigenvalue weighted by molar-refractivity contribution is -0.0687. The summed E-state index contributed by atoms with van der Waals surface area (Å²) in [6.45, 7) is 1.84. The van der Waals surface area contributed by atoms with Crippen molar-refractivity contribution in [1.82, 2.24) is 0 Å². The molecule has 0 nitrogen and oxygen atoms in total. The summed E-state index contributed by atoms with van der Waals surface area (Å²) in [5.74, 6) is 0. The lowest BCUT2D eigenvalue weighted by Gasteiger charge is -2.12. The van der Waals surface area contributed by atoms with Gasteiger partial charge in [0.15, 0.2) is 0 Å². The van der Waals surface area contributed by atoms with Gasteiger partial charge in [0, 0.05) is 9.92 Å². The van der Waals surface area contributed by atoms with E-state index in [0.29, 0.717) is 9.92 Å². The van der Waals surface area contributed by atoms with Crippen LogP contribution in [0.1, 0.15) is 11.1 Å². The number of aryl methyl sites for hydroxylation is 1. The van der Waals surface area contributed by atoms with E-state index in [0.717, 1.165) is 22.7 Å². The normalized spacial score (nSPS) is 12.5. The summed E-state index contributed by atoms with van der Waals surface area (Å²) in [6, 6.07) is 13.0. The summed E-state index contributed by atoms with van der Waals surface area (Å²) >= 11 is 6.78. The average Bonchev–Trinajstić information content (AvgIpc) is 2.42. The minimum Gasteiger partial charge on any atom is -0.166 e. The highest BCUT2D eigenvalue weighted by Gasteiger charge is 2.34. The molecule has 0 bridgehead atoms. The van der Waals surface area contributed by atoms with E-state index in [1.807, 2.05) is 6.92 Å². The Morgan fingerprint density at radius 3 is 2.10 bits per heavy atom. The number of thioether (sulfide) groups is 1. The Labute approximate surface area is 130 Å². The van der Waals surface area contributed by atoms with E-state index in [2.05, 4.69) is 0 Å². The Balaban J connectivity index is 2.30. The van der Waals surface area contributed by atoms with Crippen LogP contribution in [0.4, 0.5) is 13.2 Å². The fourth-order valence-electron chi connectivity index (χ4n) is 1.67. The maximum Gasteiger partial charge on any atom is 0.417 e. The fraction of sp³-hybridized carbons (Fsp3) is 0.125. The highest BCUT2D eigenvalue weighted by atomic mass is 35.5. The van der Waals surface area contributed by atoms with Crippen molar-refractivity contribution in [3.63, 3.8) is 0 Å². The molecule has 0 atom stereocenters. The number of halogens is 4. The average molecular weight is 329 g/mol. The van der Waals surface area contributed by atoms with Gasteiger partial charge in [0.05, 0.1) is 5.57 Å². The first-order valence-corrected chi connectivity index (χ1v) is 7.38. The molecular weight excluding hydrogens is 317 g/mol. The van der Waals surface area contributed by atoms with Crippen LogP contribution in [0, 0.1) is 6.92 Å². The molecule has 0 aromatic heterocycles. The van der Waals surface area contributed by atoms with E-state index in [4.69, 9.17) is 11.6 Å². The van der Waals surface area contributed by atoms with Gasteiger partial charge in [0.25, 0.3) is 0 Å². The van der Waals surface area contributed by atoms with Gasteiger partial charge in [-0.2, -0.15) is 13.2 Å². The van der Waals surface area contributed by atoms with Crippen LogP contribution < -0.4 is 0 Å². The Bertz CT molecular complexity index is 628. The second-order valence-corrected chi connectivity index (χ2v) is 5.85. The summed E-state index contributed by atoms with van der Waals surface area (Å²) in [4.78, 5) is 0.702. The van der Waals surface area contributed by atoms with Crippen molar-refractivity contribution in [3.05, 3.63) is 70.1 Å². The summed E-state index contributed by atoms with van der Waals surface area (Å²) in [5.41, 5.74) is 0.433. The fourth-order valence-corrected chi connectivity index (χ4v) is 2.61. The molecular formula is C16H12ClF3S. The third-order valence-corrected chi connectivity index (χ3v) is 3.94. The van der Waals surface area contributed by atoms with Gasteiger partial charge in [-0.05, 0) is 42.2 Å². The predicted molar refractivity (Wildman–Crippen MR) is 82.5 cm³/mol. The first-order valence-electron chi connectivity index (χ1n) is 6.13. The third kappa shape index (κ3) is 4.55. The molecule has 5 heteroatoms. The van der Waals surface area contributed by atoms with E-state index in [1.165, 1.54) is 12.1 Å². The number of hydrogen-bond donors (Lipinski definition) is 0. The molecule has 0 aliphatic carbocycles. The molecule has 0 saturated heterocycles. The van der Waals surface area contributed by atoms with Crippen molar-refractivity contribution in [2.24, 2.45) is 0 Å². The van der Waals surface area contributed by atoms with Gasteiger partial charge in [0.2, 0.25) is 0 Å². The molecule has 21 heavy (non-hydrogen) atoms. The second kappa shape index (κ2) is 6.58. The van der Waals surface area contributed by atoms with Crippen LogP contribution in [0.5, 0.6) is 0 Å². The standard InChI is InChI=1S/C16H12ClF3S/c1-11-2-4-12(5-3-11)15(16(18,19)20)10-21-14-8-6-13(17)7-9-14/h2-10H,1H3/b15-10+. The van der Waals surface area contributed by atoms with Gasteiger partial charge in [0.1, 0.15) is 0 Å². The zero-order valence-corrected chi connectivity index (χ0v) is 12.7.